The van der Waals surface area contributed by atoms with Gasteiger partial charge in [-0.3, -0.25) is 9.59 Å². The van der Waals surface area contributed by atoms with Gasteiger partial charge in [-0.2, -0.15) is 0 Å². The lowest BCUT2D eigenvalue weighted by atomic mass is 9.99. The van der Waals surface area contributed by atoms with Crippen LogP contribution in [0, 0.1) is 5.92 Å². The van der Waals surface area contributed by atoms with E-state index in [1.807, 2.05) is 35.2 Å². The quantitative estimate of drug-likeness (QED) is 0.192. The average molecular weight is 644 g/mol. The second-order valence-corrected chi connectivity index (χ2v) is 14.9. The molecule has 6 nitrogen and oxygen atoms in total. The van der Waals surface area contributed by atoms with Crippen LogP contribution in [0.3, 0.4) is 0 Å². The Hall–Kier alpha value is -3.00. The fourth-order valence-corrected chi connectivity index (χ4v) is 7.64. The van der Waals surface area contributed by atoms with Gasteiger partial charge >= 0.3 is 0 Å². The molecule has 7 heteroatoms. The Labute approximate surface area is 280 Å². The number of hydrogen-bond donors (Lipinski definition) is 1. The van der Waals surface area contributed by atoms with Gasteiger partial charge in [-0.1, -0.05) is 70.0 Å². The number of aliphatic hydroxyl groups is 1. The van der Waals surface area contributed by atoms with E-state index in [9.17, 15) is 14.7 Å². The maximum Gasteiger partial charge on any atom is 0.264 e. The summed E-state index contributed by atoms with van der Waals surface area (Å²) in [6.07, 6.45) is 8.90. The predicted molar refractivity (Wildman–Crippen MR) is 189 cm³/mol. The zero-order valence-corrected chi connectivity index (χ0v) is 28.9. The lowest BCUT2D eigenvalue weighted by Crippen LogP contribution is -2.47. The summed E-state index contributed by atoms with van der Waals surface area (Å²) in [7, 11) is 0. The van der Waals surface area contributed by atoms with E-state index in [1.54, 1.807) is 11.3 Å². The van der Waals surface area contributed by atoms with Crippen LogP contribution in [-0.2, 0) is 13.0 Å². The van der Waals surface area contributed by atoms with E-state index in [0.29, 0.717) is 44.0 Å². The van der Waals surface area contributed by atoms with Crippen molar-refractivity contribution in [2.75, 3.05) is 32.7 Å². The minimum Gasteiger partial charge on any atom is -0.393 e. The summed E-state index contributed by atoms with van der Waals surface area (Å²) in [5.41, 5.74) is 3.98. The number of aliphatic hydroxyl groups excluding tert-OH is 1. The van der Waals surface area contributed by atoms with Crippen LogP contribution in [0.25, 0.3) is 11.1 Å². The standard InChI is InChI=1S/C39H53N3O3S/c1-4-5-6-7-36-16-17-37(46-36)39(45)42(34-19-24-40(25-20-34)23-18-29(2)3)28-30-8-10-31(11-9-30)32-12-14-33(15-13-32)38(44)41-26-21-35(43)22-27-41/h8-17,29,34-35,43H,4-7,18-28H2,1-3H3. The molecule has 5 rings (SSSR count). The molecule has 2 fully saturated rings. The highest BCUT2D eigenvalue weighted by Crippen LogP contribution is 2.28. The number of unbranched alkanes of at least 4 members (excludes halogenated alkanes) is 2. The highest BCUT2D eigenvalue weighted by molar-refractivity contribution is 7.14. The van der Waals surface area contributed by atoms with Crippen molar-refractivity contribution in [3.8, 4) is 11.1 Å². The summed E-state index contributed by atoms with van der Waals surface area (Å²) in [4.78, 5) is 35.7. The number of thiophene rings is 1. The summed E-state index contributed by atoms with van der Waals surface area (Å²) in [6, 6.07) is 20.8. The number of carbonyl (C=O) groups excluding carboxylic acids is 2. The van der Waals surface area contributed by atoms with Crippen LogP contribution in [0.4, 0.5) is 0 Å². The fourth-order valence-electron chi connectivity index (χ4n) is 6.64. The van der Waals surface area contributed by atoms with E-state index in [4.69, 9.17) is 0 Å². The molecule has 2 saturated heterocycles. The normalized spacial score (nSPS) is 16.7. The number of amides is 2. The van der Waals surface area contributed by atoms with E-state index < -0.39 is 0 Å². The minimum atomic E-state index is -0.295. The van der Waals surface area contributed by atoms with Gasteiger partial charge in [0.25, 0.3) is 11.8 Å². The summed E-state index contributed by atoms with van der Waals surface area (Å²) >= 11 is 1.68. The van der Waals surface area contributed by atoms with Crippen molar-refractivity contribution >= 4 is 23.2 Å². The van der Waals surface area contributed by atoms with Gasteiger partial charge in [0.2, 0.25) is 0 Å². The fraction of sp³-hybridized carbons (Fsp3) is 0.538. The van der Waals surface area contributed by atoms with Crippen molar-refractivity contribution in [1.29, 1.82) is 0 Å². The van der Waals surface area contributed by atoms with Crippen LogP contribution in [0.2, 0.25) is 0 Å². The van der Waals surface area contributed by atoms with Crippen LogP contribution in [0.1, 0.15) is 103 Å². The van der Waals surface area contributed by atoms with Crippen molar-refractivity contribution in [2.45, 2.75) is 97.2 Å². The monoisotopic (exact) mass is 643 g/mol. The van der Waals surface area contributed by atoms with Crippen LogP contribution < -0.4 is 0 Å². The van der Waals surface area contributed by atoms with Gasteiger partial charge in [0.15, 0.2) is 0 Å². The Bertz CT molecular complexity index is 1380. The third-order valence-electron chi connectivity index (χ3n) is 9.70. The molecule has 0 radical (unpaired) electrons. The Kier molecular flexibility index (Phi) is 12.5. The van der Waals surface area contributed by atoms with Gasteiger partial charge in [0.1, 0.15) is 0 Å². The Morgan fingerprint density at radius 2 is 1.52 bits per heavy atom. The third kappa shape index (κ3) is 9.30. The Morgan fingerprint density at radius 3 is 2.15 bits per heavy atom. The molecule has 2 aromatic carbocycles. The van der Waals surface area contributed by atoms with Crippen molar-refractivity contribution in [3.05, 3.63) is 81.5 Å². The van der Waals surface area contributed by atoms with Crippen LogP contribution in [0.5, 0.6) is 0 Å². The zero-order chi connectivity index (χ0) is 32.5. The van der Waals surface area contributed by atoms with Gasteiger partial charge in [0.05, 0.1) is 11.0 Å². The predicted octanol–water partition coefficient (Wildman–Crippen LogP) is 7.90. The number of carbonyl (C=O) groups is 2. The molecule has 0 bridgehead atoms. The summed E-state index contributed by atoms with van der Waals surface area (Å²) in [5.74, 6) is 0.906. The maximum absolute atomic E-state index is 14.1. The van der Waals surface area contributed by atoms with Crippen molar-refractivity contribution in [3.63, 3.8) is 0 Å². The lowest BCUT2D eigenvalue weighted by molar-refractivity contribution is 0.0540. The molecule has 1 aromatic heterocycles. The SMILES string of the molecule is CCCCCc1ccc(C(=O)N(Cc2ccc(-c3ccc(C(=O)N4CCC(O)CC4)cc3)cc2)C2CCN(CCC(C)C)CC2)s1. The van der Waals surface area contributed by atoms with E-state index in [-0.39, 0.29) is 24.0 Å². The first kappa shape index (κ1) is 34.3. The molecule has 0 spiro atoms. The zero-order valence-electron chi connectivity index (χ0n) is 28.1. The maximum atomic E-state index is 14.1. The van der Waals surface area contributed by atoms with E-state index >= 15 is 0 Å². The molecule has 0 aliphatic carbocycles. The second kappa shape index (κ2) is 16.7. The first-order valence-electron chi connectivity index (χ1n) is 17.6. The number of hydrogen-bond acceptors (Lipinski definition) is 5. The van der Waals surface area contributed by atoms with E-state index in [1.165, 1.54) is 30.6 Å². The largest absolute Gasteiger partial charge is 0.393 e. The van der Waals surface area contributed by atoms with Gasteiger partial charge in [0, 0.05) is 49.2 Å². The number of nitrogens with zero attached hydrogens (tertiary/aromatic N) is 3. The second-order valence-electron chi connectivity index (χ2n) is 13.7. The third-order valence-corrected chi connectivity index (χ3v) is 10.8. The smallest absolute Gasteiger partial charge is 0.264 e. The number of piperidine rings is 2. The molecule has 2 amide bonds. The first-order valence-corrected chi connectivity index (χ1v) is 18.4. The summed E-state index contributed by atoms with van der Waals surface area (Å²) < 4.78 is 0. The molecule has 2 aliphatic heterocycles. The van der Waals surface area contributed by atoms with Gasteiger partial charge < -0.3 is 19.8 Å². The lowest BCUT2D eigenvalue weighted by Gasteiger charge is -2.38. The molecule has 2 aliphatic rings. The molecule has 3 aromatic rings. The molecule has 46 heavy (non-hydrogen) atoms. The topological polar surface area (TPSA) is 64.1 Å². The molecule has 248 valence electrons. The molecule has 0 saturated carbocycles. The number of rotatable bonds is 13. The molecule has 0 unspecified atom stereocenters. The first-order chi connectivity index (χ1) is 22.3. The number of benzene rings is 2. The van der Waals surface area contributed by atoms with Crippen molar-refractivity contribution in [1.82, 2.24) is 14.7 Å². The molecule has 1 N–H and O–H groups in total. The van der Waals surface area contributed by atoms with Crippen LogP contribution in [-0.4, -0.2) is 76.5 Å². The van der Waals surface area contributed by atoms with Gasteiger partial charge in [-0.15, -0.1) is 11.3 Å². The van der Waals surface area contributed by atoms with Crippen molar-refractivity contribution < 1.29 is 14.7 Å². The molecular formula is C39H53N3O3S. The van der Waals surface area contributed by atoms with Gasteiger partial charge in [-0.05, 0) is 98.4 Å². The number of aryl methyl sites for hydroxylation is 1. The molecule has 0 atom stereocenters. The average Bonchev–Trinajstić information content (AvgIpc) is 3.56. The molecular weight excluding hydrogens is 591 g/mol. The van der Waals surface area contributed by atoms with Crippen LogP contribution >= 0.6 is 11.3 Å². The number of likely N-dealkylation sites (tertiary alicyclic amines) is 2. The van der Waals surface area contributed by atoms with Crippen LogP contribution in [0.15, 0.2) is 60.7 Å². The summed E-state index contributed by atoms with van der Waals surface area (Å²) in [5, 5.41) is 9.77. The Balaban J connectivity index is 1.26. The highest BCUT2D eigenvalue weighted by atomic mass is 32.1. The highest BCUT2D eigenvalue weighted by Gasteiger charge is 2.30. The minimum absolute atomic E-state index is 0.0307. The van der Waals surface area contributed by atoms with Gasteiger partial charge in [-0.25, -0.2) is 0 Å². The van der Waals surface area contributed by atoms with Crippen molar-refractivity contribution in [2.24, 2.45) is 5.92 Å². The van der Waals surface area contributed by atoms with E-state index in [2.05, 4.69) is 60.9 Å². The molecule has 3 heterocycles. The summed E-state index contributed by atoms with van der Waals surface area (Å²) in [6.45, 7) is 11.9. The Morgan fingerprint density at radius 1 is 0.870 bits per heavy atom. The van der Waals surface area contributed by atoms with E-state index in [0.717, 1.165) is 60.5 Å².